The van der Waals surface area contributed by atoms with Crippen LogP contribution < -0.4 is 4.90 Å². The lowest BCUT2D eigenvalue weighted by molar-refractivity contribution is -0.384. The standard InChI is InChI=1S/C12H15IN2O4/c1-14(7-3-4-12(16)19-2)10-6-5-9(13)8-11(10)15(17)18/h5-6,8H,3-4,7H2,1-2H3. The van der Waals surface area contributed by atoms with Gasteiger partial charge in [-0.1, -0.05) is 0 Å². The molecule has 1 aromatic carbocycles. The number of anilines is 1. The Morgan fingerprint density at radius 2 is 2.21 bits per heavy atom. The van der Waals surface area contributed by atoms with Crippen molar-refractivity contribution >= 4 is 39.9 Å². The van der Waals surface area contributed by atoms with Crippen molar-refractivity contribution in [3.63, 3.8) is 0 Å². The summed E-state index contributed by atoms with van der Waals surface area (Å²) in [5.74, 6) is -0.273. The maximum absolute atomic E-state index is 11.0. The van der Waals surface area contributed by atoms with Crippen molar-refractivity contribution < 1.29 is 14.5 Å². The molecule has 0 aromatic heterocycles. The monoisotopic (exact) mass is 378 g/mol. The van der Waals surface area contributed by atoms with Crippen LogP contribution in [-0.4, -0.2) is 31.6 Å². The number of nitro groups is 1. The van der Waals surface area contributed by atoms with Crippen LogP contribution in [0.1, 0.15) is 12.8 Å². The van der Waals surface area contributed by atoms with E-state index in [0.29, 0.717) is 25.1 Å². The molecule has 0 aliphatic rings. The van der Waals surface area contributed by atoms with Crippen LogP contribution in [0.3, 0.4) is 0 Å². The number of hydrogen-bond donors (Lipinski definition) is 0. The fourth-order valence-electron chi connectivity index (χ4n) is 1.65. The Labute approximate surface area is 125 Å². The van der Waals surface area contributed by atoms with Crippen molar-refractivity contribution in [2.24, 2.45) is 0 Å². The smallest absolute Gasteiger partial charge is 0.305 e. The molecule has 104 valence electrons. The molecule has 0 spiro atoms. The molecule has 0 atom stereocenters. The molecule has 6 nitrogen and oxygen atoms in total. The Hall–Kier alpha value is -1.38. The summed E-state index contributed by atoms with van der Waals surface area (Å²) >= 11 is 2.04. The predicted octanol–water partition coefficient (Wildman–Crippen LogP) is 2.59. The van der Waals surface area contributed by atoms with Gasteiger partial charge >= 0.3 is 5.97 Å². The summed E-state index contributed by atoms with van der Waals surface area (Å²) in [5.41, 5.74) is 0.628. The summed E-state index contributed by atoms with van der Waals surface area (Å²) in [7, 11) is 3.11. The maximum atomic E-state index is 11.0. The number of ether oxygens (including phenoxy) is 1. The average Bonchev–Trinajstić information content (AvgIpc) is 2.38. The van der Waals surface area contributed by atoms with Crippen LogP contribution in [-0.2, 0) is 9.53 Å². The molecule has 1 rings (SSSR count). The normalized spacial score (nSPS) is 10.1. The molecular formula is C12H15IN2O4. The number of carbonyl (C=O) groups is 1. The largest absolute Gasteiger partial charge is 0.469 e. The molecule has 0 amide bonds. The van der Waals surface area contributed by atoms with E-state index in [9.17, 15) is 14.9 Å². The molecule has 0 heterocycles. The zero-order valence-corrected chi connectivity index (χ0v) is 12.9. The number of esters is 1. The van der Waals surface area contributed by atoms with E-state index in [2.05, 4.69) is 4.74 Å². The van der Waals surface area contributed by atoms with Crippen LogP contribution in [0.5, 0.6) is 0 Å². The van der Waals surface area contributed by atoms with Gasteiger partial charge in [-0.15, -0.1) is 0 Å². The minimum absolute atomic E-state index is 0.0764. The lowest BCUT2D eigenvalue weighted by Gasteiger charge is -2.18. The summed E-state index contributed by atoms with van der Waals surface area (Å²) in [4.78, 5) is 23.4. The zero-order valence-electron chi connectivity index (χ0n) is 10.8. The van der Waals surface area contributed by atoms with Crippen LogP contribution in [0.2, 0.25) is 0 Å². The summed E-state index contributed by atoms with van der Waals surface area (Å²) in [5, 5.41) is 11.0. The number of benzene rings is 1. The number of carbonyl (C=O) groups excluding carboxylic acids is 1. The summed E-state index contributed by atoms with van der Waals surface area (Å²) in [6, 6.07) is 5.07. The van der Waals surface area contributed by atoms with Crippen molar-refractivity contribution in [2.75, 3.05) is 25.6 Å². The lowest BCUT2D eigenvalue weighted by Crippen LogP contribution is -2.20. The third-order valence-electron chi connectivity index (χ3n) is 2.65. The highest BCUT2D eigenvalue weighted by atomic mass is 127. The number of halogens is 1. The minimum atomic E-state index is -0.395. The van der Waals surface area contributed by atoms with Gasteiger partial charge in [-0.3, -0.25) is 14.9 Å². The van der Waals surface area contributed by atoms with Gasteiger partial charge in [0.1, 0.15) is 5.69 Å². The van der Waals surface area contributed by atoms with Crippen molar-refractivity contribution in [3.05, 3.63) is 31.9 Å². The van der Waals surface area contributed by atoms with Crippen LogP contribution in [0, 0.1) is 13.7 Å². The van der Waals surface area contributed by atoms with Gasteiger partial charge in [-0.05, 0) is 41.1 Å². The summed E-state index contributed by atoms with van der Waals surface area (Å²) < 4.78 is 5.36. The van der Waals surface area contributed by atoms with Gasteiger partial charge in [0.05, 0.1) is 12.0 Å². The fraction of sp³-hybridized carbons (Fsp3) is 0.417. The van der Waals surface area contributed by atoms with E-state index in [1.165, 1.54) is 13.2 Å². The van der Waals surface area contributed by atoms with Crippen molar-refractivity contribution in [3.8, 4) is 0 Å². The van der Waals surface area contributed by atoms with E-state index in [4.69, 9.17) is 0 Å². The molecule has 1 aromatic rings. The second kappa shape index (κ2) is 7.27. The average molecular weight is 378 g/mol. The maximum Gasteiger partial charge on any atom is 0.305 e. The Morgan fingerprint density at radius 3 is 2.79 bits per heavy atom. The number of methoxy groups -OCH3 is 1. The first-order chi connectivity index (χ1) is 8.95. The molecule has 7 heteroatoms. The molecular weight excluding hydrogens is 363 g/mol. The molecule has 0 unspecified atom stereocenters. The van der Waals surface area contributed by atoms with E-state index < -0.39 is 4.92 Å². The first kappa shape index (κ1) is 15.7. The number of rotatable bonds is 6. The number of nitrogens with zero attached hydrogens (tertiary/aromatic N) is 2. The number of nitro benzene ring substituents is 1. The Kier molecular flexibility index (Phi) is 6.00. The lowest BCUT2D eigenvalue weighted by atomic mass is 10.2. The van der Waals surface area contributed by atoms with Crippen LogP contribution >= 0.6 is 22.6 Å². The van der Waals surface area contributed by atoms with E-state index >= 15 is 0 Å². The zero-order chi connectivity index (χ0) is 14.4. The van der Waals surface area contributed by atoms with Gasteiger partial charge in [-0.2, -0.15) is 0 Å². The van der Waals surface area contributed by atoms with E-state index in [1.54, 1.807) is 18.0 Å². The highest BCUT2D eigenvalue weighted by molar-refractivity contribution is 14.1. The second-order valence-corrected chi connectivity index (χ2v) is 5.24. The first-order valence-corrected chi connectivity index (χ1v) is 6.75. The third kappa shape index (κ3) is 4.66. The molecule has 19 heavy (non-hydrogen) atoms. The predicted molar refractivity (Wildman–Crippen MR) is 80.3 cm³/mol. The Morgan fingerprint density at radius 1 is 1.53 bits per heavy atom. The molecule has 0 aliphatic carbocycles. The Bertz CT molecular complexity index is 479. The molecule has 0 fully saturated rings. The van der Waals surface area contributed by atoms with Gasteiger partial charge in [-0.25, -0.2) is 0 Å². The van der Waals surface area contributed by atoms with Crippen molar-refractivity contribution in [1.82, 2.24) is 0 Å². The SMILES string of the molecule is COC(=O)CCCN(C)c1ccc(I)cc1[N+](=O)[O-]. The van der Waals surface area contributed by atoms with Gasteiger partial charge in [0.15, 0.2) is 0 Å². The molecule has 0 N–H and O–H groups in total. The fourth-order valence-corrected chi connectivity index (χ4v) is 2.12. The second-order valence-electron chi connectivity index (χ2n) is 3.99. The van der Waals surface area contributed by atoms with Crippen molar-refractivity contribution in [2.45, 2.75) is 12.8 Å². The molecule has 0 aliphatic heterocycles. The van der Waals surface area contributed by atoms with E-state index in [0.717, 1.165) is 3.57 Å². The van der Waals surface area contributed by atoms with Gasteiger partial charge < -0.3 is 9.64 Å². The van der Waals surface area contributed by atoms with Gasteiger partial charge in [0.25, 0.3) is 5.69 Å². The van der Waals surface area contributed by atoms with Crippen LogP contribution in [0.25, 0.3) is 0 Å². The number of hydrogen-bond acceptors (Lipinski definition) is 5. The highest BCUT2D eigenvalue weighted by Gasteiger charge is 2.17. The minimum Gasteiger partial charge on any atom is -0.469 e. The molecule has 0 radical (unpaired) electrons. The van der Waals surface area contributed by atoms with Crippen LogP contribution in [0.4, 0.5) is 11.4 Å². The van der Waals surface area contributed by atoms with E-state index in [1.807, 2.05) is 28.7 Å². The van der Waals surface area contributed by atoms with Crippen molar-refractivity contribution in [1.29, 1.82) is 0 Å². The molecule has 0 saturated carbocycles. The van der Waals surface area contributed by atoms with Gasteiger partial charge in [0.2, 0.25) is 0 Å². The van der Waals surface area contributed by atoms with Crippen LogP contribution in [0.15, 0.2) is 18.2 Å². The van der Waals surface area contributed by atoms with E-state index in [-0.39, 0.29) is 11.7 Å². The third-order valence-corrected chi connectivity index (χ3v) is 3.32. The van der Waals surface area contributed by atoms with Gasteiger partial charge in [0, 0.05) is 29.6 Å². The topological polar surface area (TPSA) is 72.7 Å². The summed E-state index contributed by atoms with van der Waals surface area (Å²) in [6.07, 6.45) is 0.894. The molecule has 0 saturated heterocycles. The Balaban J connectivity index is 2.73. The molecule has 0 bridgehead atoms. The quantitative estimate of drug-likeness (QED) is 0.329. The first-order valence-electron chi connectivity index (χ1n) is 5.67. The highest BCUT2D eigenvalue weighted by Crippen LogP contribution is 2.29. The summed E-state index contributed by atoms with van der Waals surface area (Å²) in [6.45, 7) is 0.552.